The summed E-state index contributed by atoms with van der Waals surface area (Å²) in [4.78, 5) is 22.6. The molecule has 102 valence electrons. The van der Waals surface area contributed by atoms with Gasteiger partial charge in [0.1, 0.15) is 0 Å². The number of nitrogens with zero attached hydrogens (tertiary/aromatic N) is 1. The SMILES string of the molecule is COC(=O)C/C(=N\Nc1ccccc1N)C(=O)OC. The molecule has 1 aromatic carbocycles. The topological polar surface area (TPSA) is 103 Å². The number of ether oxygens (including phenoxy) is 2. The van der Waals surface area contributed by atoms with Crippen LogP contribution in [0.15, 0.2) is 29.4 Å². The molecule has 7 heteroatoms. The van der Waals surface area contributed by atoms with E-state index in [4.69, 9.17) is 5.73 Å². The van der Waals surface area contributed by atoms with Crippen LogP contribution in [0.1, 0.15) is 6.42 Å². The highest BCUT2D eigenvalue weighted by atomic mass is 16.5. The summed E-state index contributed by atoms with van der Waals surface area (Å²) in [5.74, 6) is -1.31. The molecule has 0 saturated carbocycles. The molecule has 1 aromatic rings. The molecular weight excluding hydrogens is 250 g/mol. The van der Waals surface area contributed by atoms with Crippen molar-refractivity contribution in [1.82, 2.24) is 0 Å². The highest BCUT2D eigenvalue weighted by Gasteiger charge is 2.17. The van der Waals surface area contributed by atoms with Crippen LogP contribution < -0.4 is 11.2 Å². The normalized spacial score (nSPS) is 10.7. The maximum absolute atomic E-state index is 11.4. The Labute approximate surface area is 110 Å². The van der Waals surface area contributed by atoms with E-state index in [9.17, 15) is 9.59 Å². The van der Waals surface area contributed by atoms with Crippen molar-refractivity contribution in [3.63, 3.8) is 0 Å². The van der Waals surface area contributed by atoms with Gasteiger partial charge in [-0.1, -0.05) is 12.1 Å². The van der Waals surface area contributed by atoms with Crippen molar-refractivity contribution >= 4 is 29.0 Å². The van der Waals surface area contributed by atoms with Crippen molar-refractivity contribution in [2.45, 2.75) is 6.42 Å². The number of carbonyl (C=O) groups excluding carboxylic acids is 2. The Bertz CT molecular complexity index is 500. The van der Waals surface area contributed by atoms with Crippen LogP contribution in [0.5, 0.6) is 0 Å². The predicted molar refractivity (Wildman–Crippen MR) is 70.6 cm³/mol. The van der Waals surface area contributed by atoms with Crippen LogP contribution in [0.3, 0.4) is 0 Å². The largest absolute Gasteiger partial charge is 0.469 e. The van der Waals surface area contributed by atoms with Gasteiger partial charge in [0, 0.05) is 0 Å². The second-order valence-corrected chi connectivity index (χ2v) is 3.50. The molecule has 0 fully saturated rings. The van der Waals surface area contributed by atoms with Gasteiger partial charge in [-0.15, -0.1) is 0 Å². The standard InChI is InChI=1S/C12H15N3O4/c1-18-11(16)7-10(12(17)19-2)15-14-9-6-4-3-5-8(9)13/h3-6,14H,7,13H2,1-2H3/b15-10+. The summed E-state index contributed by atoms with van der Waals surface area (Å²) in [5.41, 5.74) is 9.20. The van der Waals surface area contributed by atoms with Gasteiger partial charge in [-0.2, -0.15) is 5.10 Å². The van der Waals surface area contributed by atoms with Gasteiger partial charge in [0.05, 0.1) is 32.0 Å². The van der Waals surface area contributed by atoms with Gasteiger partial charge in [0.25, 0.3) is 0 Å². The van der Waals surface area contributed by atoms with E-state index in [2.05, 4.69) is 20.0 Å². The van der Waals surface area contributed by atoms with Crippen molar-refractivity contribution in [3.8, 4) is 0 Å². The van der Waals surface area contributed by atoms with Gasteiger partial charge < -0.3 is 15.2 Å². The van der Waals surface area contributed by atoms with E-state index >= 15 is 0 Å². The number of nitrogens with two attached hydrogens (primary N) is 1. The zero-order valence-corrected chi connectivity index (χ0v) is 10.7. The fraction of sp³-hybridized carbons (Fsp3) is 0.250. The van der Waals surface area contributed by atoms with E-state index in [1.54, 1.807) is 24.3 Å². The number of anilines is 2. The van der Waals surface area contributed by atoms with Crippen LogP contribution in [-0.2, 0) is 19.1 Å². The van der Waals surface area contributed by atoms with E-state index in [1.165, 1.54) is 14.2 Å². The first-order valence-electron chi connectivity index (χ1n) is 5.40. The molecule has 0 amide bonds. The molecule has 0 unspecified atom stereocenters. The Morgan fingerprint density at radius 3 is 2.53 bits per heavy atom. The molecular formula is C12H15N3O4. The first kappa shape index (κ1) is 14.5. The number of hydrazone groups is 1. The Hall–Kier alpha value is -2.57. The summed E-state index contributed by atoms with van der Waals surface area (Å²) in [5, 5.41) is 3.82. The first-order chi connectivity index (χ1) is 9.08. The lowest BCUT2D eigenvalue weighted by molar-refractivity contribution is -0.140. The fourth-order valence-corrected chi connectivity index (χ4v) is 1.21. The van der Waals surface area contributed by atoms with Gasteiger partial charge in [0.15, 0.2) is 5.71 Å². The van der Waals surface area contributed by atoms with Gasteiger partial charge in [-0.05, 0) is 12.1 Å². The van der Waals surface area contributed by atoms with Crippen molar-refractivity contribution in [3.05, 3.63) is 24.3 Å². The minimum absolute atomic E-state index is 0.0994. The second-order valence-electron chi connectivity index (χ2n) is 3.50. The number of benzene rings is 1. The van der Waals surface area contributed by atoms with Crippen LogP contribution in [0.2, 0.25) is 0 Å². The van der Waals surface area contributed by atoms with Crippen molar-refractivity contribution in [2.24, 2.45) is 5.10 Å². The lowest BCUT2D eigenvalue weighted by atomic mass is 10.2. The number of rotatable bonds is 5. The van der Waals surface area contributed by atoms with E-state index in [1.807, 2.05) is 0 Å². The molecule has 0 radical (unpaired) electrons. The highest BCUT2D eigenvalue weighted by molar-refractivity contribution is 6.39. The number of para-hydroxylation sites is 2. The quantitative estimate of drug-likeness (QED) is 0.353. The monoisotopic (exact) mass is 265 g/mol. The molecule has 0 aromatic heterocycles. The third kappa shape index (κ3) is 4.30. The second kappa shape index (κ2) is 7.00. The number of carbonyl (C=O) groups is 2. The maximum Gasteiger partial charge on any atom is 0.354 e. The van der Waals surface area contributed by atoms with E-state index in [0.29, 0.717) is 11.4 Å². The zero-order chi connectivity index (χ0) is 14.3. The summed E-state index contributed by atoms with van der Waals surface area (Å²) in [7, 11) is 2.42. The fourth-order valence-electron chi connectivity index (χ4n) is 1.21. The lowest BCUT2D eigenvalue weighted by Crippen LogP contribution is -2.21. The smallest absolute Gasteiger partial charge is 0.354 e. The van der Waals surface area contributed by atoms with Crippen LogP contribution in [-0.4, -0.2) is 31.9 Å². The Balaban J connectivity index is 2.86. The number of esters is 2. The average Bonchev–Trinajstić information content (AvgIpc) is 2.43. The van der Waals surface area contributed by atoms with Crippen LogP contribution in [0, 0.1) is 0 Å². The number of methoxy groups -OCH3 is 2. The minimum atomic E-state index is -0.715. The zero-order valence-electron chi connectivity index (χ0n) is 10.7. The summed E-state index contributed by atoms with van der Waals surface area (Å²) in [6.45, 7) is 0. The summed E-state index contributed by atoms with van der Waals surface area (Å²) < 4.78 is 9.00. The van der Waals surface area contributed by atoms with Gasteiger partial charge in [-0.3, -0.25) is 10.2 Å². The molecule has 0 aliphatic heterocycles. The van der Waals surface area contributed by atoms with Gasteiger partial charge in [0.2, 0.25) is 0 Å². The molecule has 0 spiro atoms. The molecule has 1 rings (SSSR count). The van der Waals surface area contributed by atoms with Crippen LogP contribution in [0.25, 0.3) is 0 Å². The Kier molecular flexibility index (Phi) is 5.34. The molecule has 0 heterocycles. The number of nitrogens with one attached hydrogen (secondary N) is 1. The number of nitrogen functional groups attached to an aromatic ring is 1. The molecule has 19 heavy (non-hydrogen) atoms. The molecule has 0 atom stereocenters. The molecule has 0 aliphatic rings. The molecule has 3 N–H and O–H groups in total. The van der Waals surface area contributed by atoms with Gasteiger partial charge >= 0.3 is 11.9 Å². The molecule has 0 bridgehead atoms. The molecule has 0 aliphatic carbocycles. The lowest BCUT2D eigenvalue weighted by Gasteiger charge is -2.06. The van der Waals surface area contributed by atoms with E-state index in [0.717, 1.165) is 0 Å². The van der Waals surface area contributed by atoms with E-state index < -0.39 is 11.9 Å². The highest BCUT2D eigenvalue weighted by Crippen LogP contribution is 2.16. The summed E-state index contributed by atoms with van der Waals surface area (Å²) in [6, 6.07) is 6.88. The molecule has 7 nitrogen and oxygen atoms in total. The van der Waals surface area contributed by atoms with Crippen molar-refractivity contribution in [2.75, 3.05) is 25.4 Å². The van der Waals surface area contributed by atoms with Crippen LogP contribution in [0.4, 0.5) is 11.4 Å². The van der Waals surface area contributed by atoms with Crippen molar-refractivity contribution in [1.29, 1.82) is 0 Å². The first-order valence-corrected chi connectivity index (χ1v) is 5.40. The van der Waals surface area contributed by atoms with Crippen molar-refractivity contribution < 1.29 is 19.1 Å². The Morgan fingerprint density at radius 1 is 1.26 bits per heavy atom. The number of hydrogen-bond donors (Lipinski definition) is 2. The predicted octanol–water partition coefficient (Wildman–Crippen LogP) is 0.773. The third-order valence-corrected chi connectivity index (χ3v) is 2.23. The van der Waals surface area contributed by atoms with Gasteiger partial charge in [-0.25, -0.2) is 4.79 Å². The maximum atomic E-state index is 11.4. The average molecular weight is 265 g/mol. The number of hydrogen-bond acceptors (Lipinski definition) is 7. The Morgan fingerprint density at radius 2 is 1.95 bits per heavy atom. The third-order valence-electron chi connectivity index (χ3n) is 2.23. The van der Waals surface area contributed by atoms with E-state index in [-0.39, 0.29) is 12.1 Å². The summed E-state index contributed by atoms with van der Waals surface area (Å²) in [6.07, 6.45) is -0.289. The minimum Gasteiger partial charge on any atom is -0.469 e. The molecule has 0 saturated heterocycles. The van der Waals surface area contributed by atoms with Crippen LogP contribution >= 0.6 is 0 Å². The summed E-state index contributed by atoms with van der Waals surface area (Å²) >= 11 is 0.